The number of hydrogen-bond acceptors (Lipinski definition) is 2. The minimum Gasteiger partial charge on any atom is -0.346 e. The zero-order chi connectivity index (χ0) is 18.4. The standard InChI is InChI=1S/C20H21BrClN3S/c21-17-8-9-19(18(22)15-17)23-20(26)25-13-11-24(12-14-25)10-4-7-16-5-2-1-3-6-16/h1-9,15H,10-14H2,(H,23,26). The van der Waals surface area contributed by atoms with Gasteiger partial charge in [0.15, 0.2) is 5.11 Å². The summed E-state index contributed by atoms with van der Waals surface area (Å²) in [5.41, 5.74) is 2.08. The van der Waals surface area contributed by atoms with Crippen LogP contribution >= 0.6 is 39.7 Å². The molecule has 2 aromatic carbocycles. The topological polar surface area (TPSA) is 18.5 Å². The third kappa shape index (κ3) is 5.55. The predicted molar refractivity (Wildman–Crippen MR) is 119 cm³/mol. The van der Waals surface area contributed by atoms with Crippen molar-refractivity contribution in [1.82, 2.24) is 9.80 Å². The highest BCUT2D eigenvalue weighted by atomic mass is 79.9. The Bertz CT molecular complexity index is 774. The van der Waals surface area contributed by atoms with Crippen LogP contribution in [0.2, 0.25) is 5.02 Å². The quantitative estimate of drug-likeness (QED) is 0.651. The van der Waals surface area contributed by atoms with Gasteiger partial charge < -0.3 is 10.2 Å². The first-order chi connectivity index (χ1) is 12.6. The Labute approximate surface area is 173 Å². The molecule has 3 nitrogen and oxygen atoms in total. The van der Waals surface area contributed by atoms with E-state index in [0.717, 1.165) is 48.0 Å². The van der Waals surface area contributed by atoms with Crippen LogP contribution in [0.5, 0.6) is 0 Å². The molecule has 0 bridgehead atoms. The Morgan fingerprint density at radius 2 is 1.85 bits per heavy atom. The number of rotatable bonds is 4. The summed E-state index contributed by atoms with van der Waals surface area (Å²) in [6.45, 7) is 4.78. The van der Waals surface area contributed by atoms with Gasteiger partial charge in [-0.2, -0.15) is 0 Å². The monoisotopic (exact) mass is 449 g/mol. The molecule has 0 spiro atoms. The SMILES string of the molecule is S=C(Nc1ccc(Br)cc1Cl)N1CCN(CC=Cc2ccccc2)CC1. The maximum Gasteiger partial charge on any atom is 0.173 e. The molecule has 0 amide bonds. The van der Waals surface area contributed by atoms with Crippen LogP contribution < -0.4 is 5.32 Å². The summed E-state index contributed by atoms with van der Waals surface area (Å²) in [4.78, 5) is 4.64. The lowest BCUT2D eigenvalue weighted by Crippen LogP contribution is -2.49. The molecule has 2 aromatic rings. The zero-order valence-corrected chi connectivity index (χ0v) is 17.5. The van der Waals surface area contributed by atoms with Crippen LogP contribution in [0.1, 0.15) is 5.56 Å². The highest BCUT2D eigenvalue weighted by molar-refractivity contribution is 9.10. The van der Waals surface area contributed by atoms with Gasteiger partial charge in [-0.3, -0.25) is 4.90 Å². The van der Waals surface area contributed by atoms with Gasteiger partial charge in [0.05, 0.1) is 10.7 Å². The second kappa shape index (κ2) is 9.51. The van der Waals surface area contributed by atoms with Gasteiger partial charge in [0, 0.05) is 37.2 Å². The summed E-state index contributed by atoms with van der Waals surface area (Å²) in [5.74, 6) is 0. The van der Waals surface area contributed by atoms with E-state index in [1.807, 2.05) is 24.3 Å². The van der Waals surface area contributed by atoms with E-state index < -0.39 is 0 Å². The molecule has 0 atom stereocenters. The van der Waals surface area contributed by atoms with Gasteiger partial charge in [-0.15, -0.1) is 0 Å². The molecule has 6 heteroatoms. The molecular weight excluding hydrogens is 430 g/mol. The number of anilines is 1. The van der Waals surface area contributed by atoms with Crippen molar-refractivity contribution in [2.75, 3.05) is 38.0 Å². The molecule has 26 heavy (non-hydrogen) atoms. The number of halogens is 2. The van der Waals surface area contributed by atoms with Crippen molar-refractivity contribution in [1.29, 1.82) is 0 Å². The average molecular weight is 451 g/mol. The fraction of sp³-hybridized carbons (Fsp3) is 0.250. The first kappa shape index (κ1) is 19.4. The van der Waals surface area contributed by atoms with Crippen molar-refractivity contribution in [3.8, 4) is 0 Å². The van der Waals surface area contributed by atoms with Crippen molar-refractivity contribution in [3.63, 3.8) is 0 Å². The van der Waals surface area contributed by atoms with Crippen molar-refractivity contribution in [2.45, 2.75) is 0 Å². The van der Waals surface area contributed by atoms with E-state index in [9.17, 15) is 0 Å². The predicted octanol–water partition coefficient (Wildman–Crippen LogP) is 5.13. The van der Waals surface area contributed by atoms with Gasteiger partial charge in [-0.25, -0.2) is 0 Å². The van der Waals surface area contributed by atoms with Crippen LogP contribution in [-0.4, -0.2) is 47.6 Å². The highest BCUT2D eigenvalue weighted by Gasteiger charge is 2.18. The lowest BCUT2D eigenvalue weighted by molar-refractivity contribution is 0.200. The summed E-state index contributed by atoms with van der Waals surface area (Å²) in [6.07, 6.45) is 4.40. The summed E-state index contributed by atoms with van der Waals surface area (Å²) in [5, 5.41) is 4.65. The van der Waals surface area contributed by atoms with Crippen LogP contribution in [0.3, 0.4) is 0 Å². The van der Waals surface area contributed by atoms with Crippen LogP contribution in [0.25, 0.3) is 6.08 Å². The lowest BCUT2D eigenvalue weighted by Gasteiger charge is -2.35. The Balaban J connectivity index is 1.45. The van der Waals surface area contributed by atoms with E-state index in [1.165, 1.54) is 5.56 Å². The largest absolute Gasteiger partial charge is 0.346 e. The fourth-order valence-electron chi connectivity index (χ4n) is 2.82. The Hall–Kier alpha value is -1.40. The number of nitrogens with zero attached hydrogens (tertiary/aromatic N) is 2. The van der Waals surface area contributed by atoms with Crippen molar-refractivity contribution >= 4 is 56.6 Å². The molecule has 1 aliphatic heterocycles. The molecule has 0 aromatic heterocycles. The number of piperazine rings is 1. The Morgan fingerprint density at radius 3 is 2.54 bits per heavy atom. The van der Waals surface area contributed by atoms with Crippen molar-refractivity contribution in [2.24, 2.45) is 0 Å². The van der Waals surface area contributed by atoms with Crippen molar-refractivity contribution < 1.29 is 0 Å². The maximum absolute atomic E-state index is 6.26. The second-order valence-corrected chi connectivity index (χ2v) is 7.86. The molecule has 1 aliphatic rings. The van der Waals surface area contributed by atoms with Gasteiger partial charge in [0.2, 0.25) is 0 Å². The number of nitrogens with one attached hydrogen (secondary N) is 1. The number of thiocarbonyl (C=S) groups is 1. The van der Waals surface area contributed by atoms with Crippen LogP contribution in [0.4, 0.5) is 5.69 Å². The van der Waals surface area contributed by atoms with Gasteiger partial charge in [-0.05, 0) is 36.0 Å². The molecule has 1 fully saturated rings. The molecular formula is C20H21BrClN3S. The third-order valence-corrected chi connectivity index (χ3v) is 5.47. The molecule has 0 unspecified atom stereocenters. The third-order valence-electron chi connectivity index (χ3n) is 4.31. The van der Waals surface area contributed by atoms with Gasteiger partial charge in [-0.1, -0.05) is 70.0 Å². The smallest absolute Gasteiger partial charge is 0.173 e. The maximum atomic E-state index is 6.26. The van der Waals surface area contributed by atoms with Gasteiger partial charge in [0.25, 0.3) is 0 Å². The first-order valence-electron chi connectivity index (χ1n) is 8.57. The van der Waals surface area contributed by atoms with Gasteiger partial charge >= 0.3 is 0 Å². The highest BCUT2D eigenvalue weighted by Crippen LogP contribution is 2.26. The van der Waals surface area contributed by atoms with E-state index in [1.54, 1.807) is 0 Å². The molecule has 136 valence electrons. The van der Waals surface area contributed by atoms with Crippen molar-refractivity contribution in [3.05, 3.63) is 69.7 Å². The fourth-order valence-corrected chi connectivity index (χ4v) is 3.83. The lowest BCUT2D eigenvalue weighted by atomic mass is 10.2. The van der Waals surface area contributed by atoms with Crippen LogP contribution in [-0.2, 0) is 0 Å². The Morgan fingerprint density at radius 1 is 1.12 bits per heavy atom. The number of hydrogen-bond donors (Lipinski definition) is 1. The minimum absolute atomic E-state index is 0.659. The molecule has 1 N–H and O–H groups in total. The molecule has 1 heterocycles. The molecule has 1 saturated heterocycles. The minimum atomic E-state index is 0.659. The summed E-state index contributed by atoms with van der Waals surface area (Å²) < 4.78 is 0.955. The molecule has 0 aliphatic carbocycles. The molecule has 0 saturated carbocycles. The summed E-state index contributed by atoms with van der Waals surface area (Å²) >= 11 is 15.2. The normalized spacial score (nSPS) is 15.4. The Kier molecular flexibility index (Phi) is 7.08. The molecule has 0 radical (unpaired) electrons. The van der Waals surface area contributed by atoms with E-state index in [2.05, 4.69) is 67.5 Å². The first-order valence-corrected chi connectivity index (χ1v) is 10.1. The van der Waals surface area contributed by atoms with Gasteiger partial charge in [0.1, 0.15) is 0 Å². The number of benzene rings is 2. The van der Waals surface area contributed by atoms with E-state index in [4.69, 9.17) is 23.8 Å². The summed E-state index contributed by atoms with van der Waals surface area (Å²) in [7, 11) is 0. The van der Waals surface area contributed by atoms with E-state index in [0.29, 0.717) is 5.02 Å². The molecule has 3 rings (SSSR count). The summed E-state index contributed by atoms with van der Waals surface area (Å²) in [6, 6.07) is 16.1. The van der Waals surface area contributed by atoms with Crippen LogP contribution in [0, 0.1) is 0 Å². The second-order valence-electron chi connectivity index (χ2n) is 6.16. The average Bonchev–Trinajstić information content (AvgIpc) is 2.65. The van der Waals surface area contributed by atoms with Crippen LogP contribution in [0.15, 0.2) is 59.1 Å². The zero-order valence-electron chi connectivity index (χ0n) is 14.4. The van der Waals surface area contributed by atoms with E-state index in [-0.39, 0.29) is 0 Å². The van der Waals surface area contributed by atoms with E-state index >= 15 is 0 Å².